The monoisotopic (exact) mass is 156 g/mol. The maximum absolute atomic E-state index is 10.7. The van der Waals surface area contributed by atoms with Gasteiger partial charge in [0.05, 0.1) is 0 Å². The zero-order valence-electron chi connectivity index (χ0n) is 7.14. The zero-order chi connectivity index (χ0) is 8.69. The maximum atomic E-state index is 10.7. The standard InChI is InChI=1S/C7H12O2.C2H4/c1-6(8)7-4-2-3-5-9-7;1-2/h7H,2-5H2,1H3;1-2H2. The van der Waals surface area contributed by atoms with Gasteiger partial charge in [0.1, 0.15) is 6.10 Å². The first-order valence-electron chi connectivity index (χ1n) is 3.93. The summed E-state index contributed by atoms with van der Waals surface area (Å²) >= 11 is 0. The van der Waals surface area contributed by atoms with Crippen molar-refractivity contribution in [3.63, 3.8) is 0 Å². The number of ether oxygens (including phenoxy) is 1. The van der Waals surface area contributed by atoms with Crippen LogP contribution >= 0.6 is 0 Å². The van der Waals surface area contributed by atoms with Crippen LogP contribution < -0.4 is 0 Å². The lowest BCUT2D eigenvalue weighted by Crippen LogP contribution is -2.25. The van der Waals surface area contributed by atoms with Gasteiger partial charge in [-0.05, 0) is 26.2 Å². The second kappa shape index (κ2) is 6.10. The topological polar surface area (TPSA) is 26.3 Å². The molecule has 1 atom stereocenters. The number of hydrogen-bond acceptors (Lipinski definition) is 2. The van der Waals surface area contributed by atoms with Crippen molar-refractivity contribution in [1.82, 2.24) is 0 Å². The summed E-state index contributed by atoms with van der Waals surface area (Å²) in [4.78, 5) is 10.7. The lowest BCUT2D eigenvalue weighted by Gasteiger charge is -2.19. The molecule has 0 amide bonds. The van der Waals surface area contributed by atoms with Crippen molar-refractivity contribution in [2.75, 3.05) is 6.61 Å². The Kier molecular flexibility index (Phi) is 5.75. The van der Waals surface area contributed by atoms with Crippen molar-refractivity contribution in [2.24, 2.45) is 0 Å². The van der Waals surface area contributed by atoms with Gasteiger partial charge in [0, 0.05) is 6.61 Å². The van der Waals surface area contributed by atoms with Crippen molar-refractivity contribution in [3.05, 3.63) is 13.2 Å². The van der Waals surface area contributed by atoms with Crippen LogP contribution in [0.1, 0.15) is 26.2 Å². The van der Waals surface area contributed by atoms with E-state index < -0.39 is 0 Å². The largest absolute Gasteiger partial charge is 0.370 e. The van der Waals surface area contributed by atoms with Crippen LogP contribution in [0.2, 0.25) is 0 Å². The number of Topliss-reactive ketones (excluding diaryl/α,β-unsaturated/α-hetero) is 1. The lowest BCUT2D eigenvalue weighted by atomic mass is 10.1. The normalized spacial score (nSPS) is 23.2. The summed E-state index contributed by atoms with van der Waals surface area (Å²) in [7, 11) is 0. The predicted octanol–water partition coefficient (Wildman–Crippen LogP) is 1.95. The van der Waals surface area contributed by atoms with Crippen molar-refractivity contribution in [3.8, 4) is 0 Å². The summed E-state index contributed by atoms with van der Waals surface area (Å²) in [6.45, 7) is 8.36. The number of carbonyl (C=O) groups is 1. The minimum atomic E-state index is -0.0845. The molecule has 2 nitrogen and oxygen atoms in total. The first-order valence-corrected chi connectivity index (χ1v) is 3.93. The van der Waals surface area contributed by atoms with Gasteiger partial charge in [0.15, 0.2) is 5.78 Å². The summed E-state index contributed by atoms with van der Waals surface area (Å²) in [5.74, 6) is 0.176. The number of rotatable bonds is 1. The molecule has 11 heavy (non-hydrogen) atoms. The van der Waals surface area contributed by atoms with Gasteiger partial charge >= 0.3 is 0 Å². The van der Waals surface area contributed by atoms with E-state index in [1.807, 2.05) is 0 Å². The van der Waals surface area contributed by atoms with Gasteiger partial charge in [-0.2, -0.15) is 0 Å². The highest BCUT2D eigenvalue weighted by atomic mass is 16.5. The fourth-order valence-corrected chi connectivity index (χ4v) is 1.06. The Morgan fingerprint density at radius 2 is 2.09 bits per heavy atom. The Bertz CT molecular complexity index is 115. The van der Waals surface area contributed by atoms with Crippen molar-refractivity contribution >= 4 is 5.78 Å². The van der Waals surface area contributed by atoms with Crippen LogP contribution in [0.5, 0.6) is 0 Å². The number of ketones is 1. The van der Waals surface area contributed by atoms with E-state index in [-0.39, 0.29) is 11.9 Å². The van der Waals surface area contributed by atoms with Gasteiger partial charge in [-0.25, -0.2) is 0 Å². The molecule has 1 rings (SSSR count). The summed E-state index contributed by atoms with van der Waals surface area (Å²) in [6, 6.07) is 0. The summed E-state index contributed by atoms with van der Waals surface area (Å²) in [5.41, 5.74) is 0. The molecular weight excluding hydrogens is 140 g/mol. The van der Waals surface area contributed by atoms with Crippen molar-refractivity contribution in [1.29, 1.82) is 0 Å². The van der Waals surface area contributed by atoms with Crippen LogP contribution in [-0.2, 0) is 9.53 Å². The van der Waals surface area contributed by atoms with E-state index >= 15 is 0 Å². The minimum Gasteiger partial charge on any atom is -0.370 e. The van der Waals surface area contributed by atoms with Crippen molar-refractivity contribution in [2.45, 2.75) is 32.3 Å². The highest BCUT2D eigenvalue weighted by molar-refractivity contribution is 5.80. The molecule has 1 heterocycles. The van der Waals surface area contributed by atoms with E-state index in [9.17, 15) is 4.79 Å². The van der Waals surface area contributed by atoms with E-state index in [2.05, 4.69) is 13.2 Å². The first kappa shape index (κ1) is 10.4. The minimum absolute atomic E-state index is 0.0845. The Morgan fingerprint density at radius 3 is 2.36 bits per heavy atom. The fraction of sp³-hybridized carbons (Fsp3) is 0.667. The van der Waals surface area contributed by atoms with E-state index in [1.54, 1.807) is 6.92 Å². The molecule has 1 fully saturated rings. The van der Waals surface area contributed by atoms with E-state index in [0.29, 0.717) is 0 Å². The summed E-state index contributed by atoms with van der Waals surface area (Å²) in [5, 5.41) is 0. The van der Waals surface area contributed by atoms with Gasteiger partial charge in [-0.15, -0.1) is 13.2 Å². The van der Waals surface area contributed by atoms with Crippen LogP contribution in [0.15, 0.2) is 13.2 Å². The molecule has 1 aliphatic heterocycles. The number of hydrogen-bond donors (Lipinski definition) is 0. The molecule has 0 bridgehead atoms. The molecule has 2 heteroatoms. The molecule has 0 aliphatic carbocycles. The molecule has 1 unspecified atom stereocenters. The van der Waals surface area contributed by atoms with Crippen LogP contribution in [0.3, 0.4) is 0 Å². The van der Waals surface area contributed by atoms with Crippen molar-refractivity contribution < 1.29 is 9.53 Å². The van der Waals surface area contributed by atoms with E-state index in [1.165, 1.54) is 0 Å². The molecule has 64 valence electrons. The lowest BCUT2D eigenvalue weighted by molar-refractivity contribution is -0.130. The van der Waals surface area contributed by atoms with Crippen LogP contribution in [0.4, 0.5) is 0 Å². The summed E-state index contributed by atoms with van der Waals surface area (Å²) < 4.78 is 5.19. The second-order valence-corrected chi connectivity index (χ2v) is 2.47. The summed E-state index contributed by atoms with van der Waals surface area (Å²) in [6.07, 6.45) is 3.10. The molecule has 0 radical (unpaired) electrons. The third-order valence-electron chi connectivity index (χ3n) is 1.63. The fourth-order valence-electron chi connectivity index (χ4n) is 1.06. The Hall–Kier alpha value is -0.630. The molecule has 0 aromatic rings. The molecule has 0 N–H and O–H groups in total. The molecule has 0 aromatic carbocycles. The average molecular weight is 156 g/mol. The molecular formula is C9H16O2. The predicted molar refractivity (Wildman–Crippen MR) is 45.5 cm³/mol. The molecule has 0 saturated carbocycles. The van der Waals surface area contributed by atoms with Crippen LogP contribution in [0.25, 0.3) is 0 Å². The van der Waals surface area contributed by atoms with Crippen LogP contribution in [0, 0.1) is 0 Å². The molecule has 0 aromatic heterocycles. The van der Waals surface area contributed by atoms with Gasteiger partial charge in [-0.1, -0.05) is 0 Å². The van der Waals surface area contributed by atoms with Gasteiger partial charge < -0.3 is 4.74 Å². The third kappa shape index (κ3) is 3.94. The highest BCUT2D eigenvalue weighted by Gasteiger charge is 2.17. The quantitative estimate of drug-likeness (QED) is 0.542. The Labute approximate surface area is 68.2 Å². The molecule has 1 aliphatic rings. The van der Waals surface area contributed by atoms with Gasteiger partial charge in [-0.3, -0.25) is 4.79 Å². The average Bonchev–Trinajstić information content (AvgIpc) is 2.10. The maximum Gasteiger partial charge on any atom is 0.158 e. The number of carbonyl (C=O) groups excluding carboxylic acids is 1. The zero-order valence-corrected chi connectivity index (χ0v) is 7.14. The first-order chi connectivity index (χ1) is 5.30. The van der Waals surface area contributed by atoms with Gasteiger partial charge in [0.25, 0.3) is 0 Å². The third-order valence-corrected chi connectivity index (χ3v) is 1.63. The molecule has 1 saturated heterocycles. The highest BCUT2D eigenvalue weighted by Crippen LogP contribution is 2.12. The molecule has 0 spiro atoms. The van der Waals surface area contributed by atoms with Gasteiger partial charge in [0.2, 0.25) is 0 Å². The van der Waals surface area contributed by atoms with Crippen LogP contribution in [-0.4, -0.2) is 18.5 Å². The Balaban J connectivity index is 0.000000461. The van der Waals surface area contributed by atoms with E-state index in [0.717, 1.165) is 25.9 Å². The second-order valence-electron chi connectivity index (χ2n) is 2.47. The SMILES string of the molecule is C=C.CC(=O)C1CCCCO1. The van der Waals surface area contributed by atoms with E-state index in [4.69, 9.17) is 4.74 Å². The Morgan fingerprint density at radius 1 is 1.45 bits per heavy atom. The smallest absolute Gasteiger partial charge is 0.158 e.